The van der Waals surface area contributed by atoms with Gasteiger partial charge in [0.15, 0.2) is 0 Å². The molecule has 0 saturated heterocycles. The van der Waals surface area contributed by atoms with Crippen LogP contribution in [-0.2, 0) is 0 Å². The van der Waals surface area contributed by atoms with E-state index in [2.05, 4.69) is 38.5 Å². The SMILES string of the molecule is O[CH]c1cccc(I)c1Br. The molecule has 3 heteroatoms. The Morgan fingerprint density at radius 1 is 1.50 bits per heavy atom. The molecule has 0 spiro atoms. The smallest absolute Gasteiger partial charge is 0.110 e. The van der Waals surface area contributed by atoms with Crippen LogP contribution in [-0.4, -0.2) is 5.11 Å². The van der Waals surface area contributed by atoms with E-state index in [9.17, 15) is 0 Å². The van der Waals surface area contributed by atoms with Crippen molar-refractivity contribution in [2.24, 2.45) is 0 Å². The molecule has 1 rings (SSSR count). The van der Waals surface area contributed by atoms with Gasteiger partial charge in [-0.15, -0.1) is 0 Å². The number of hydrogen-bond donors (Lipinski definition) is 1. The van der Waals surface area contributed by atoms with Crippen molar-refractivity contribution in [1.82, 2.24) is 0 Å². The molecule has 1 N–H and O–H groups in total. The Hall–Kier alpha value is 0.390. The normalized spacial score (nSPS) is 9.90. The standard InChI is InChI=1S/C7H5BrIO/c8-7-5(4-10)2-1-3-6(7)9/h1-4,10H. The summed E-state index contributed by atoms with van der Waals surface area (Å²) in [5.41, 5.74) is 0.812. The predicted octanol–water partition coefficient (Wildman–Crippen LogP) is 2.94. The number of aliphatic hydroxyl groups excluding tert-OH is 1. The first kappa shape index (κ1) is 8.49. The number of aliphatic hydroxyl groups is 1. The third-order valence-electron chi connectivity index (χ3n) is 1.12. The van der Waals surface area contributed by atoms with Gasteiger partial charge < -0.3 is 5.11 Å². The Bertz CT molecular complexity index is 237. The fourth-order valence-corrected chi connectivity index (χ4v) is 1.51. The highest BCUT2D eigenvalue weighted by Crippen LogP contribution is 2.23. The Kier molecular flexibility index (Phi) is 3.13. The van der Waals surface area contributed by atoms with Crippen LogP contribution < -0.4 is 0 Å². The highest BCUT2D eigenvalue weighted by Gasteiger charge is 2.00. The van der Waals surface area contributed by atoms with Crippen molar-refractivity contribution in [1.29, 1.82) is 0 Å². The maximum atomic E-state index is 8.68. The Morgan fingerprint density at radius 2 is 2.20 bits per heavy atom. The molecule has 0 aliphatic carbocycles. The summed E-state index contributed by atoms with van der Waals surface area (Å²) < 4.78 is 2.04. The van der Waals surface area contributed by atoms with Crippen molar-refractivity contribution in [3.8, 4) is 0 Å². The van der Waals surface area contributed by atoms with Crippen LogP contribution in [0.2, 0.25) is 0 Å². The van der Waals surface area contributed by atoms with E-state index in [1.807, 2.05) is 18.2 Å². The van der Waals surface area contributed by atoms with Gasteiger partial charge >= 0.3 is 0 Å². The van der Waals surface area contributed by atoms with Gasteiger partial charge in [-0.05, 0) is 50.2 Å². The van der Waals surface area contributed by atoms with Crippen molar-refractivity contribution in [2.45, 2.75) is 0 Å². The van der Waals surface area contributed by atoms with E-state index in [1.165, 1.54) is 0 Å². The molecule has 1 nitrogen and oxygen atoms in total. The maximum absolute atomic E-state index is 8.68. The van der Waals surface area contributed by atoms with Crippen molar-refractivity contribution in [2.75, 3.05) is 0 Å². The Labute approximate surface area is 81.7 Å². The van der Waals surface area contributed by atoms with E-state index < -0.39 is 0 Å². The molecule has 0 aliphatic heterocycles. The zero-order valence-electron chi connectivity index (χ0n) is 5.01. The predicted molar refractivity (Wildman–Crippen MR) is 52.2 cm³/mol. The number of halogens is 2. The highest BCUT2D eigenvalue weighted by molar-refractivity contribution is 14.1. The van der Waals surface area contributed by atoms with E-state index in [0.29, 0.717) is 0 Å². The van der Waals surface area contributed by atoms with Gasteiger partial charge in [0.05, 0.1) is 0 Å². The van der Waals surface area contributed by atoms with Crippen LogP contribution in [0.15, 0.2) is 22.7 Å². The highest BCUT2D eigenvalue weighted by atomic mass is 127. The van der Waals surface area contributed by atoms with Crippen molar-refractivity contribution in [3.63, 3.8) is 0 Å². The molecule has 1 radical (unpaired) electrons. The molecule has 0 unspecified atom stereocenters. The molecule has 0 aliphatic rings. The molecule has 0 saturated carbocycles. The van der Waals surface area contributed by atoms with E-state index in [4.69, 9.17) is 5.11 Å². The van der Waals surface area contributed by atoms with Crippen LogP contribution in [0.25, 0.3) is 0 Å². The lowest BCUT2D eigenvalue weighted by Crippen LogP contribution is -1.83. The lowest BCUT2D eigenvalue weighted by molar-refractivity contribution is 0.414. The van der Waals surface area contributed by atoms with Gasteiger partial charge in [0.25, 0.3) is 0 Å². The molecule has 0 bridgehead atoms. The minimum absolute atomic E-state index is 0.812. The first-order chi connectivity index (χ1) is 4.75. The molecule has 0 heterocycles. The molecular weight excluding hydrogens is 307 g/mol. The first-order valence-corrected chi connectivity index (χ1v) is 4.54. The van der Waals surface area contributed by atoms with Gasteiger partial charge in [0, 0.05) is 8.04 Å². The zero-order valence-corrected chi connectivity index (χ0v) is 8.76. The molecule has 0 amide bonds. The average molecular weight is 312 g/mol. The second kappa shape index (κ2) is 3.69. The summed E-state index contributed by atoms with van der Waals surface area (Å²) >= 11 is 5.54. The molecule has 1 aromatic rings. The van der Waals surface area contributed by atoms with Gasteiger partial charge in [-0.25, -0.2) is 0 Å². The molecule has 1 aromatic carbocycles. The maximum Gasteiger partial charge on any atom is 0.110 e. The summed E-state index contributed by atoms with van der Waals surface area (Å²) in [4.78, 5) is 0. The monoisotopic (exact) mass is 311 g/mol. The third-order valence-corrected chi connectivity index (χ3v) is 3.65. The number of hydrogen-bond acceptors (Lipinski definition) is 1. The van der Waals surface area contributed by atoms with E-state index in [1.54, 1.807) is 0 Å². The summed E-state index contributed by atoms with van der Waals surface area (Å²) in [6, 6.07) is 5.71. The molecule has 10 heavy (non-hydrogen) atoms. The van der Waals surface area contributed by atoms with Crippen LogP contribution in [0.4, 0.5) is 0 Å². The quantitative estimate of drug-likeness (QED) is 0.791. The Balaban J connectivity index is 3.14. The number of rotatable bonds is 1. The largest absolute Gasteiger partial charge is 0.385 e. The fraction of sp³-hybridized carbons (Fsp3) is 0. The minimum atomic E-state index is 0.812. The van der Waals surface area contributed by atoms with Crippen LogP contribution in [0.5, 0.6) is 0 Å². The fourth-order valence-electron chi connectivity index (χ4n) is 0.620. The summed E-state index contributed by atoms with van der Waals surface area (Å²) in [6.07, 6.45) is 0. The van der Waals surface area contributed by atoms with Crippen LogP contribution >= 0.6 is 38.5 Å². The van der Waals surface area contributed by atoms with Gasteiger partial charge in [-0.3, -0.25) is 0 Å². The minimum Gasteiger partial charge on any atom is -0.385 e. The summed E-state index contributed by atoms with van der Waals surface area (Å²) in [5.74, 6) is 0. The lowest BCUT2D eigenvalue weighted by atomic mass is 10.2. The van der Waals surface area contributed by atoms with Gasteiger partial charge in [0.1, 0.15) is 6.61 Å². The van der Waals surface area contributed by atoms with Gasteiger partial charge in [0.2, 0.25) is 0 Å². The summed E-state index contributed by atoms with van der Waals surface area (Å²) in [5, 5.41) is 8.68. The van der Waals surface area contributed by atoms with Gasteiger partial charge in [-0.1, -0.05) is 12.1 Å². The first-order valence-electron chi connectivity index (χ1n) is 2.67. The van der Waals surface area contributed by atoms with Crippen molar-refractivity contribution >= 4 is 38.5 Å². The average Bonchev–Trinajstić information content (AvgIpc) is 1.95. The van der Waals surface area contributed by atoms with E-state index in [-0.39, 0.29) is 0 Å². The van der Waals surface area contributed by atoms with Crippen LogP contribution in [0, 0.1) is 10.2 Å². The second-order valence-corrected chi connectivity index (χ2v) is 3.73. The topological polar surface area (TPSA) is 20.2 Å². The molecule has 0 fully saturated rings. The van der Waals surface area contributed by atoms with E-state index in [0.717, 1.165) is 20.2 Å². The Morgan fingerprint density at radius 3 is 2.70 bits per heavy atom. The zero-order chi connectivity index (χ0) is 7.56. The van der Waals surface area contributed by atoms with Crippen LogP contribution in [0.3, 0.4) is 0 Å². The lowest BCUT2D eigenvalue weighted by Gasteiger charge is -2.00. The van der Waals surface area contributed by atoms with Crippen LogP contribution in [0.1, 0.15) is 5.56 Å². The summed E-state index contributed by atoms with van der Waals surface area (Å²) in [6.45, 7) is 1.09. The third kappa shape index (κ3) is 1.71. The second-order valence-electron chi connectivity index (χ2n) is 1.77. The summed E-state index contributed by atoms with van der Waals surface area (Å²) in [7, 11) is 0. The molecule has 0 aromatic heterocycles. The molecular formula is C7H5BrIO. The van der Waals surface area contributed by atoms with E-state index >= 15 is 0 Å². The van der Waals surface area contributed by atoms with Crippen molar-refractivity contribution in [3.05, 3.63) is 38.4 Å². The molecule has 53 valence electrons. The molecule has 0 atom stereocenters. The number of benzene rings is 1. The van der Waals surface area contributed by atoms with Gasteiger partial charge in [-0.2, -0.15) is 0 Å². The van der Waals surface area contributed by atoms with Crippen molar-refractivity contribution < 1.29 is 5.11 Å².